The smallest absolute Gasteiger partial charge is 0.268 e. The summed E-state index contributed by atoms with van der Waals surface area (Å²) in [5, 5.41) is 13.9. The lowest BCUT2D eigenvalue weighted by atomic mass is 10.0. The number of hydrogen-bond donors (Lipinski definition) is 2. The zero-order valence-corrected chi connectivity index (χ0v) is 55.6. The van der Waals surface area contributed by atoms with Gasteiger partial charge in [-0.15, -0.1) is 0 Å². The van der Waals surface area contributed by atoms with Gasteiger partial charge in [0.05, 0.1) is 39.9 Å². The van der Waals surface area contributed by atoms with Crippen LogP contribution in [0.2, 0.25) is 0 Å². The number of phosphoric ester groups is 1. The number of rotatable bonds is 66. The van der Waals surface area contributed by atoms with Gasteiger partial charge in [-0.1, -0.05) is 326 Å². The molecule has 0 aromatic heterocycles. The van der Waals surface area contributed by atoms with E-state index >= 15 is 0 Å². The van der Waals surface area contributed by atoms with Gasteiger partial charge >= 0.3 is 0 Å². The Bertz CT molecular complexity index is 1460. The molecule has 478 valence electrons. The molecule has 0 saturated heterocycles. The predicted molar refractivity (Wildman–Crippen MR) is 353 cm³/mol. The Labute approximate surface area is 505 Å². The Kier molecular flexibility index (Phi) is 61.8. The SMILES string of the molecule is CCCCCCCCCCCCCCCC/C=C\CCCCCCCCCCCCCCCCCCCC(=O)NC(COP(=O)([O-])OCC[N+](C)(C)C)C(O)/C=C/CC/C=C/CC/C=C/CCCCCCCCCCCCCCCC. The number of carbonyl (C=O) groups is 1. The second-order valence-electron chi connectivity index (χ2n) is 25.6. The molecular weight excluding hydrogens is 1020 g/mol. The topological polar surface area (TPSA) is 108 Å². The molecule has 1 amide bonds. The van der Waals surface area contributed by atoms with Crippen LogP contribution in [0.3, 0.4) is 0 Å². The number of nitrogens with zero attached hydrogens (tertiary/aromatic N) is 1. The van der Waals surface area contributed by atoms with Crippen LogP contribution in [0.5, 0.6) is 0 Å². The van der Waals surface area contributed by atoms with Crippen LogP contribution in [0.1, 0.15) is 354 Å². The molecule has 81 heavy (non-hydrogen) atoms. The van der Waals surface area contributed by atoms with Crippen molar-refractivity contribution >= 4 is 13.7 Å². The van der Waals surface area contributed by atoms with Crippen molar-refractivity contribution in [2.75, 3.05) is 40.9 Å². The maximum atomic E-state index is 13.0. The number of likely N-dealkylation sites (N-methyl/N-ethyl adjacent to an activating group) is 1. The van der Waals surface area contributed by atoms with Gasteiger partial charge in [-0.2, -0.15) is 0 Å². The number of quaternary nitrogens is 1. The number of allylic oxidation sites excluding steroid dienone is 7. The fourth-order valence-corrected chi connectivity index (χ4v) is 11.4. The predicted octanol–water partition coefficient (Wildman–Crippen LogP) is 22.0. The first kappa shape index (κ1) is 79.5. The van der Waals surface area contributed by atoms with Crippen molar-refractivity contribution in [3.63, 3.8) is 0 Å². The number of phosphoric acid groups is 1. The van der Waals surface area contributed by atoms with E-state index in [0.29, 0.717) is 17.4 Å². The van der Waals surface area contributed by atoms with Crippen LogP contribution in [0, 0.1) is 0 Å². The molecule has 3 atom stereocenters. The molecule has 3 unspecified atom stereocenters. The Morgan fingerprint density at radius 3 is 1.00 bits per heavy atom. The van der Waals surface area contributed by atoms with E-state index in [1.807, 2.05) is 27.2 Å². The van der Waals surface area contributed by atoms with Crippen LogP contribution in [0.4, 0.5) is 0 Å². The number of aliphatic hydroxyl groups is 1. The number of unbranched alkanes of at least 4 members (excludes halogenated alkanes) is 47. The van der Waals surface area contributed by atoms with E-state index in [2.05, 4.69) is 55.6 Å². The van der Waals surface area contributed by atoms with Crippen LogP contribution in [0.15, 0.2) is 48.6 Å². The molecule has 0 aromatic rings. The molecule has 9 heteroatoms. The van der Waals surface area contributed by atoms with Gasteiger partial charge < -0.3 is 28.8 Å². The van der Waals surface area contributed by atoms with E-state index in [0.717, 1.165) is 44.9 Å². The van der Waals surface area contributed by atoms with Crippen molar-refractivity contribution in [2.24, 2.45) is 0 Å². The van der Waals surface area contributed by atoms with Gasteiger partial charge in [-0.25, -0.2) is 0 Å². The molecule has 0 aliphatic heterocycles. The van der Waals surface area contributed by atoms with E-state index in [-0.39, 0.29) is 12.5 Å². The summed E-state index contributed by atoms with van der Waals surface area (Å²) >= 11 is 0. The van der Waals surface area contributed by atoms with Crippen LogP contribution in [-0.2, 0) is 18.4 Å². The van der Waals surface area contributed by atoms with Crippen molar-refractivity contribution in [3.8, 4) is 0 Å². The summed E-state index contributed by atoms with van der Waals surface area (Å²) in [6.07, 6.45) is 85.4. The van der Waals surface area contributed by atoms with Crippen LogP contribution in [0.25, 0.3) is 0 Å². The Balaban J connectivity index is 4.06. The highest BCUT2D eigenvalue weighted by atomic mass is 31.2. The zero-order valence-electron chi connectivity index (χ0n) is 54.8. The van der Waals surface area contributed by atoms with E-state index in [1.165, 1.54) is 289 Å². The molecule has 0 aromatic carbocycles. The fraction of sp³-hybridized carbons (Fsp3) is 0.875. The van der Waals surface area contributed by atoms with Crippen molar-refractivity contribution in [3.05, 3.63) is 48.6 Å². The summed E-state index contributed by atoms with van der Waals surface area (Å²) in [4.78, 5) is 25.6. The minimum atomic E-state index is -4.62. The molecule has 0 spiro atoms. The van der Waals surface area contributed by atoms with E-state index in [1.54, 1.807) is 6.08 Å². The fourth-order valence-electron chi connectivity index (χ4n) is 10.7. The maximum Gasteiger partial charge on any atom is 0.268 e. The van der Waals surface area contributed by atoms with Gasteiger partial charge in [0.25, 0.3) is 7.82 Å². The monoisotopic (exact) mass is 1160 g/mol. The first-order valence-electron chi connectivity index (χ1n) is 35.5. The van der Waals surface area contributed by atoms with Crippen molar-refractivity contribution in [2.45, 2.75) is 366 Å². The van der Waals surface area contributed by atoms with Crippen LogP contribution < -0.4 is 10.2 Å². The lowest BCUT2D eigenvalue weighted by Crippen LogP contribution is -2.45. The number of amides is 1. The third-order valence-corrected chi connectivity index (χ3v) is 17.2. The summed E-state index contributed by atoms with van der Waals surface area (Å²) in [7, 11) is 1.25. The molecule has 8 nitrogen and oxygen atoms in total. The summed E-state index contributed by atoms with van der Waals surface area (Å²) in [6.45, 7) is 4.67. The summed E-state index contributed by atoms with van der Waals surface area (Å²) in [5.41, 5.74) is 0. The first-order valence-corrected chi connectivity index (χ1v) is 37.0. The molecule has 0 aliphatic rings. The quantitative estimate of drug-likeness (QED) is 0.0272. The molecule has 0 heterocycles. The average Bonchev–Trinajstić information content (AvgIpc) is 3.43. The molecule has 0 fully saturated rings. The molecule has 0 rings (SSSR count). The van der Waals surface area contributed by atoms with Crippen molar-refractivity contribution < 1.29 is 32.9 Å². The average molecular weight is 1160 g/mol. The second kappa shape index (κ2) is 63.0. The molecule has 0 saturated carbocycles. The Morgan fingerprint density at radius 2 is 0.691 bits per heavy atom. The molecule has 0 radical (unpaired) electrons. The lowest BCUT2D eigenvalue weighted by Gasteiger charge is -2.29. The summed E-state index contributed by atoms with van der Waals surface area (Å²) in [5.74, 6) is -0.206. The van der Waals surface area contributed by atoms with Crippen molar-refractivity contribution in [1.29, 1.82) is 0 Å². The van der Waals surface area contributed by atoms with Crippen molar-refractivity contribution in [1.82, 2.24) is 5.32 Å². The van der Waals surface area contributed by atoms with Crippen LogP contribution >= 0.6 is 7.82 Å². The minimum Gasteiger partial charge on any atom is -0.756 e. The molecule has 0 aliphatic carbocycles. The third-order valence-electron chi connectivity index (χ3n) is 16.2. The second-order valence-corrected chi connectivity index (χ2v) is 27.0. The van der Waals surface area contributed by atoms with Gasteiger partial charge in [0.2, 0.25) is 5.91 Å². The Hall–Kier alpha value is -1.54. The third kappa shape index (κ3) is 65.9. The highest BCUT2D eigenvalue weighted by Crippen LogP contribution is 2.38. The van der Waals surface area contributed by atoms with Gasteiger partial charge in [0, 0.05) is 6.42 Å². The summed E-state index contributed by atoms with van der Waals surface area (Å²) in [6, 6.07) is -0.911. The highest BCUT2D eigenvalue weighted by Gasteiger charge is 2.23. The summed E-state index contributed by atoms with van der Waals surface area (Å²) < 4.78 is 23.4. The largest absolute Gasteiger partial charge is 0.756 e. The van der Waals surface area contributed by atoms with Gasteiger partial charge in [-0.05, 0) is 70.6 Å². The van der Waals surface area contributed by atoms with Crippen LogP contribution in [-0.4, -0.2) is 68.5 Å². The van der Waals surface area contributed by atoms with Gasteiger partial charge in [0.15, 0.2) is 0 Å². The maximum absolute atomic E-state index is 13.0. The van der Waals surface area contributed by atoms with E-state index < -0.39 is 26.6 Å². The molecule has 2 N–H and O–H groups in total. The molecular formula is C72H139N2O6P. The van der Waals surface area contributed by atoms with E-state index in [4.69, 9.17) is 9.05 Å². The number of carbonyl (C=O) groups excluding carboxylic acids is 1. The number of nitrogens with one attached hydrogen (secondary N) is 1. The number of hydrogen-bond acceptors (Lipinski definition) is 6. The Morgan fingerprint density at radius 1 is 0.420 bits per heavy atom. The van der Waals surface area contributed by atoms with Gasteiger partial charge in [-0.3, -0.25) is 9.36 Å². The minimum absolute atomic E-state index is 0.00832. The number of aliphatic hydroxyl groups excluding tert-OH is 1. The normalized spacial score (nSPS) is 13.9. The molecule has 0 bridgehead atoms. The highest BCUT2D eigenvalue weighted by molar-refractivity contribution is 7.45. The van der Waals surface area contributed by atoms with E-state index in [9.17, 15) is 19.4 Å². The first-order chi connectivity index (χ1) is 39.5. The van der Waals surface area contributed by atoms with Gasteiger partial charge in [0.1, 0.15) is 13.2 Å². The lowest BCUT2D eigenvalue weighted by molar-refractivity contribution is -0.870. The standard InChI is InChI=1S/C72H139N2O6P/c1-6-8-10-12-14-16-18-20-22-24-26-28-30-32-33-34-35-36-37-38-39-40-41-42-44-46-48-50-52-54-56-58-60-62-64-66-72(76)73-70(69-80-81(77,78)79-68-67-74(3,4)5)71(75)65-63-61-59-57-55-53-51-49-47-45-43-31-29-27-25-23-21-19-17-15-13-11-9-7-2/h34-35,47,49,55,57,63,65,70-71,75H,6-33,36-46,48,50-54,56,58-62,64,66-69H2,1-5H3,(H-,73,76,77,78)/b35-34-,49-47+,57-55+,65-63+. The zero-order chi connectivity index (χ0) is 59.1.